The Balaban J connectivity index is -0.0000000267. The van der Waals surface area contributed by atoms with Crippen molar-refractivity contribution < 1.29 is 23.0 Å². The van der Waals surface area contributed by atoms with Gasteiger partial charge in [-0.25, -0.2) is 0 Å². The Bertz CT molecular complexity index is 95.6. The minimum Gasteiger partial charge on any atom is -0.759 e. The molecule has 8 heavy (non-hydrogen) atoms. The Morgan fingerprint density at radius 3 is 1.12 bits per heavy atom. The van der Waals surface area contributed by atoms with Gasteiger partial charge in [0.15, 0.2) is 0 Å². The van der Waals surface area contributed by atoms with Gasteiger partial charge in [0.05, 0.1) is 0 Å². The first-order valence-electron chi connectivity index (χ1n) is 0.667. The maximum Gasteiger partial charge on any atom is 3.00 e. The molecule has 0 radical (unpaired) electrons. The third-order valence-electron chi connectivity index (χ3n) is 0. The first-order chi connectivity index (χ1) is 2.00. The van der Waals surface area contributed by atoms with Gasteiger partial charge in [0.2, 0.25) is 0 Å². The van der Waals surface area contributed by atoms with Crippen LogP contribution in [0.2, 0.25) is 0 Å². The minimum atomic E-state index is -5.17. The van der Waals surface area contributed by atoms with Gasteiger partial charge in [-0.3, -0.25) is 8.42 Å². The summed E-state index contributed by atoms with van der Waals surface area (Å²) in [6.45, 7) is 0. The summed E-state index contributed by atoms with van der Waals surface area (Å²) in [5.41, 5.74) is 0. The van der Waals surface area contributed by atoms with Crippen molar-refractivity contribution in [3.8, 4) is 0 Å². The number of hydrogen-bond acceptors (Lipinski definition) is 4. The Labute approximate surface area is 57.5 Å². The molecule has 0 amide bonds. The smallest absolute Gasteiger partial charge is 0.759 e. The molecule has 0 aromatic carbocycles. The van der Waals surface area contributed by atoms with E-state index in [-0.39, 0.29) is 29.0 Å². The van der Waals surface area contributed by atoms with Gasteiger partial charge in [-0.05, 0) is 0 Å². The van der Waals surface area contributed by atoms with E-state index in [1.54, 1.807) is 0 Å². The van der Waals surface area contributed by atoms with Crippen molar-refractivity contribution in [2.75, 3.05) is 0 Å². The summed E-state index contributed by atoms with van der Waals surface area (Å²) in [5.74, 6) is 0. The average Bonchev–Trinajstić information content (AvgIpc) is 0.722. The molecule has 0 saturated carbocycles. The second-order valence-electron chi connectivity index (χ2n) is 0.408. The van der Waals surface area contributed by atoms with Crippen LogP contribution in [0.1, 0.15) is 0 Å². The van der Waals surface area contributed by atoms with Crippen LogP contribution in [0, 0.1) is 0 Å². The molecule has 0 fully saturated rings. The molecule has 0 spiro atoms. The summed E-state index contributed by atoms with van der Waals surface area (Å²) < 4.78 is 34.1. The zero-order chi connectivity index (χ0) is 4.50. The van der Waals surface area contributed by atoms with Crippen LogP contribution >= 0.6 is 0 Å². The van der Waals surface area contributed by atoms with Gasteiger partial charge in [0, 0.05) is 10.4 Å². The zero-order valence-corrected chi connectivity index (χ0v) is 6.09. The summed E-state index contributed by atoms with van der Waals surface area (Å²) in [7, 11) is -5.17. The molecule has 48 valence electrons. The fraction of sp³-hybridized carbons (Fsp3) is 0. The van der Waals surface area contributed by atoms with Crippen LogP contribution in [-0.4, -0.2) is 40.4 Å². The predicted molar refractivity (Wildman–Crippen MR) is 25.8 cm³/mol. The molecule has 0 unspecified atom stereocenters. The number of quaternary nitrogens is 1. The zero-order valence-electron chi connectivity index (χ0n) is 4.12. The van der Waals surface area contributed by atoms with E-state index in [9.17, 15) is 0 Å². The Kier molecular flexibility index (Phi) is 21.9. The average molecular weight is 159 g/mol. The van der Waals surface area contributed by atoms with Gasteiger partial charge in [-0.15, -0.1) is 0 Å². The van der Waals surface area contributed by atoms with E-state index in [1.807, 2.05) is 0 Å². The molecule has 0 aliphatic heterocycles. The molecule has 0 aliphatic rings. The molecule has 6 nitrogen and oxygen atoms in total. The van der Waals surface area contributed by atoms with Crippen LogP contribution in [0.3, 0.4) is 0 Å². The molecule has 0 rings (SSSR count). The van der Waals surface area contributed by atoms with Gasteiger partial charge in [0.25, 0.3) is 0 Å². The van der Waals surface area contributed by atoms with Crippen molar-refractivity contribution in [2.24, 2.45) is 0 Å². The van der Waals surface area contributed by atoms with Gasteiger partial charge in [0.1, 0.15) is 0 Å². The van der Waals surface area contributed by atoms with Crippen molar-refractivity contribution in [3.05, 3.63) is 0 Å². The summed E-state index contributed by atoms with van der Waals surface area (Å²) in [4.78, 5) is 0. The Morgan fingerprint density at radius 1 is 1.12 bits per heavy atom. The van der Waals surface area contributed by atoms with Crippen LogP contribution in [0.15, 0.2) is 0 Å². The van der Waals surface area contributed by atoms with Crippen molar-refractivity contribution in [1.82, 2.24) is 6.15 Å². The van der Waals surface area contributed by atoms with Gasteiger partial charge in [-0.1, -0.05) is 0 Å². The molecular weight excluding hydrogens is 153 g/mol. The fourth-order valence-corrected chi connectivity index (χ4v) is 0. The second kappa shape index (κ2) is 7.32. The van der Waals surface area contributed by atoms with Crippen LogP contribution < -0.4 is 6.15 Å². The van der Waals surface area contributed by atoms with E-state index in [4.69, 9.17) is 17.5 Å². The SMILES string of the molecule is O.O=S(=O)([O-])[O-].[Al+3].[NH4+]. The minimum absolute atomic E-state index is 0. The summed E-state index contributed by atoms with van der Waals surface area (Å²) in [6.07, 6.45) is 0. The summed E-state index contributed by atoms with van der Waals surface area (Å²) in [6, 6.07) is 0. The third-order valence-corrected chi connectivity index (χ3v) is 0. The molecule has 0 aromatic rings. The van der Waals surface area contributed by atoms with E-state index >= 15 is 0 Å². The van der Waals surface area contributed by atoms with Crippen LogP contribution in [-0.2, 0) is 10.4 Å². The topological polar surface area (TPSA) is 148 Å². The first kappa shape index (κ1) is 23.9. The van der Waals surface area contributed by atoms with Gasteiger partial charge in [-0.2, -0.15) is 0 Å². The molecule has 0 bridgehead atoms. The first-order valence-corrected chi connectivity index (χ1v) is 2.00. The fourth-order valence-electron chi connectivity index (χ4n) is 0. The maximum atomic E-state index is 8.52. The van der Waals surface area contributed by atoms with Gasteiger partial charge < -0.3 is 20.7 Å². The van der Waals surface area contributed by atoms with E-state index in [1.165, 1.54) is 0 Å². The van der Waals surface area contributed by atoms with E-state index < -0.39 is 10.4 Å². The second-order valence-corrected chi connectivity index (χ2v) is 1.22. The van der Waals surface area contributed by atoms with Crippen molar-refractivity contribution in [2.45, 2.75) is 0 Å². The van der Waals surface area contributed by atoms with Crippen LogP contribution in [0.4, 0.5) is 0 Å². The van der Waals surface area contributed by atoms with E-state index in [2.05, 4.69) is 0 Å². The molecular formula is H6AlNO5S+2. The normalized spacial score (nSPS) is 7.25. The van der Waals surface area contributed by atoms with Crippen molar-refractivity contribution in [1.29, 1.82) is 0 Å². The maximum absolute atomic E-state index is 8.52. The largest absolute Gasteiger partial charge is 3.00 e. The molecule has 8 heteroatoms. The van der Waals surface area contributed by atoms with Crippen LogP contribution in [0.25, 0.3) is 0 Å². The molecule has 6 N–H and O–H groups in total. The molecule has 0 heterocycles. The molecule has 0 aromatic heterocycles. The molecule has 0 saturated heterocycles. The van der Waals surface area contributed by atoms with E-state index in [0.29, 0.717) is 0 Å². The monoisotopic (exact) mass is 159 g/mol. The van der Waals surface area contributed by atoms with Crippen molar-refractivity contribution >= 4 is 27.8 Å². The summed E-state index contributed by atoms with van der Waals surface area (Å²) >= 11 is 0. The Morgan fingerprint density at radius 2 is 1.12 bits per heavy atom. The quantitative estimate of drug-likeness (QED) is 0.243. The standard InChI is InChI=1S/Al.H3N.H2O4S.H2O/c;;1-5(2,3)4;/h;1H3;(H2,1,2,3,4);1H2/q+3;;;/p-1. The van der Waals surface area contributed by atoms with Crippen molar-refractivity contribution in [3.63, 3.8) is 0 Å². The number of rotatable bonds is 0. The Hall–Kier alpha value is 0.322. The molecule has 0 aliphatic carbocycles. The van der Waals surface area contributed by atoms with E-state index in [0.717, 1.165) is 0 Å². The van der Waals surface area contributed by atoms with Crippen LogP contribution in [0.5, 0.6) is 0 Å². The number of hydrogen-bond donors (Lipinski definition) is 1. The third kappa shape index (κ3) is 1720. The molecule has 0 atom stereocenters. The van der Waals surface area contributed by atoms with Gasteiger partial charge >= 0.3 is 17.4 Å². The predicted octanol–water partition coefficient (Wildman–Crippen LogP) is -2.17. The summed E-state index contributed by atoms with van der Waals surface area (Å²) in [5, 5.41) is 0.